The molecular weight excluding hydrogens is 276 g/mol. The zero-order valence-electron chi connectivity index (χ0n) is 11.5. The van der Waals surface area contributed by atoms with Gasteiger partial charge in [0.2, 0.25) is 5.82 Å². The molecule has 1 aliphatic rings. The van der Waals surface area contributed by atoms with Crippen LogP contribution in [0.25, 0.3) is 0 Å². The molecule has 1 aromatic rings. The maximum atomic E-state index is 11.6. The molecule has 0 atom stereocenters. The van der Waals surface area contributed by atoms with Gasteiger partial charge in [0.1, 0.15) is 12.6 Å². The molecule has 0 radical (unpaired) electrons. The highest BCUT2D eigenvalue weighted by molar-refractivity contribution is 5.77. The molecule has 0 spiro atoms. The maximum absolute atomic E-state index is 11.6. The lowest BCUT2D eigenvalue weighted by Crippen LogP contribution is -2.34. The van der Waals surface area contributed by atoms with Gasteiger partial charge in [-0.3, -0.25) is 14.9 Å². The second-order valence-electron chi connectivity index (χ2n) is 4.60. The van der Waals surface area contributed by atoms with Crippen molar-refractivity contribution in [2.75, 3.05) is 18.1 Å². The zero-order valence-corrected chi connectivity index (χ0v) is 11.5. The van der Waals surface area contributed by atoms with Gasteiger partial charge >= 0.3 is 11.7 Å². The summed E-state index contributed by atoms with van der Waals surface area (Å²) < 4.78 is 4.89. The summed E-state index contributed by atoms with van der Waals surface area (Å²) in [5.74, 6) is -0.348. The number of esters is 1. The van der Waals surface area contributed by atoms with Crippen LogP contribution < -0.4 is 4.90 Å². The molecule has 8 nitrogen and oxygen atoms in total. The van der Waals surface area contributed by atoms with Crippen molar-refractivity contribution in [3.63, 3.8) is 0 Å². The Morgan fingerprint density at radius 3 is 2.90 bits per heavy atom. The molecule has 2 rings (SSSR count). The maximum Gasteiger partial charge on any atom is 0.325 e. The van der Waals surface area contributed by atoms with E-state index in [9.17, 15) is 14.9 Å². The van der Waals surface area contributed by atoms with Gasteiger partial charge in [-0.2, -0.15) is 5.26 Å². The van der Waals surface area contributed by atoms with Crippen molar-refractivity contribution in [3.8, 4) is 6.07 Å². The van der Waals surface area contributed by atoms with Gasteiger partial charge in [-0.1, -0.05) is 0 Å². The molecule has 0 bridgehead atoms. The van der Waals surface area contributed by atoms with E-state index in [0.29, 0.717) is 0 Å². The number of anilines is 1. The van der Waals surface area contributed by atoms with E-state index in [1.807, 2.05) is 6.07 Å². The minimum absolute atomic E-state index is 0.0496. The number of carbonyl (C=O) groups is 1. The zero-order chi connectivity index (χ0) is 15.4. The first-order valence-corrected chi connectivity index (χ1v) is 6.53. The van der Waals surface area contributed by atoms with E-state index in [0.717, 1.165) is 12.8 Å². The number of hydrogen-bond donors (Lipinski definition) is 0. The van der Waals surface area contributed by atoms with Crippen LogP contribution in [0.3, 0.4) is 0 Å². The topological polar surface area (TPSA) is 109 Å². The first-order valence-electron chi connectivity index (χ1n) is 6.53. The predicted molar refractivity (Wildman–Crippen MR) is 72.6 cm³/mol. The fraction of sp³-hybridized carbons (Fsp3) is 0.462. The molecule has 1 fully saturated rings. The normalized spacial score (nSPS) is 13.3. The standard InChI is InChI=1S/C13H14N4O4/c1-2-21-12(18)8-16(10-3-4-10)13-11(17(19)20)5-9(6-14)7-15-13/h5,7,10H,2-4,8H2,1H3. The van der Waals surface area contributed by atoms with Crippen LogP contribution in [-0.2, 0) is 9.53 Å². The molecule has 0 saturated heterocycles. The average molecular weight is 290 g/mol. The van der Waals surface area contributed by atoms with Crippen LogP contribution in [0.4, 0.5) is 11.5 Å². The van der Waals surface area contributed by atoms with Crippen LogP contribution in [0.2, 0.25) is 0 Å². The van der Waals surface area contributed by atoms with Crippen LogP contribution in [0.1, 0.15) is 25.3 Å². The smallest absolute Gasteiger partial charge is 0.325 e. The third-order valence-corrected chi connectivity index (χ3v) is 3.04. The van der Waals surface area contributed by atoms with Gasteiger partial charge in [0.05, 0.1) is 17.1 Å². The monoisotopic (exact) mass is 290 g/mol. The summed E-state index contributed by atoms with van der Waals surface area (Å²) in [7, 11) is 0. The van der Waals surface area contributed by atoms with Gasteiger partial charge in [0, 0.05) is 18.3 Å². The van der Waals surface area contributed by atoms with Gasteiger partial charge in [0.25, 0.3) is 0 Å². The van der Waals surface area contributed by atoms with Crippen LogP contribution in [0.15, 0.2) is 12.3 Å². The first-order chi connectivity index (χ1) is 10.1. The molecule has 0 aromatic carbocycles. The fourth-order valence-corrected chi connectivity index (χ4v) is 1.97. The lowest BCUT2D eigenvalue weighted by atomic mass is 10.2. The molecule has 0 N–H and O–H groups in total. The molecule has 1 saturated carbocycles. The Morgan fingerprint density at radius 1 is 1.67 bits per heavy atom. The van der Waals surface area contributed by atoms with E-state index in [4.69, 9.17) is 10.00 Å². The summed E-state index contributed by atoms with van der Waals surface area (Å²) in [5.41, 5.74) is -0.164. The molecule has 0 unspecified atom stereocenters. The van der Waals surface area contributed by atoms with Crippen LogP contribution >= 0.6 is 0 Å². The second kappa shape index (κ2) is 6.17. The Morgan fingerprint density at radius 2 is 2.38 bits per heavy atom. The van der Waals surface area contributed by atoms with Crippen molar-refractivity contribution in [1.29, 1.82) is 5.26 Å². The van der Waals surface area contributed by atoms with Crippen molar-refractivity contribution < 1.29 is 14.5 Å². The Hall–Kier alpha value is -2.69. The lowest BCUT2D eigenvalue weighted by molar-refractivity contribution is -0.384. The lowest BCUT2D eigenvalue weighted by Gasteiger charge is -2.21. The van der Waals surface area contributed by atoms with Crippen molar-refractivity contribution >= 4 is 17.5 Å². The van der Waals surface area contributed by atoms with E-state index in [1.165, 1.54) is 12.3 Å². The number of ether oxygens (including phenoxy) is 1. The molecule has 8 heteroatoms. The molecule has 1 heterocycles. The van der Waals surface area contributed by atoms with Gasteiger partial charge in [-0.15, -0.1) is 0 Å². The Labute approximate surface area is 121 Å². The third kappa shape index (κ3) is 3.45. The number of pyridine rings is 1. The van der Waals surface area contributed by atoms with Gasteiger partial charge in [-0.25, -0.2) is 4.98 Å². The summed E-state index contributed by atoms with van der Waals surface area (Å²) in [6.45, 7) is 1.86. The number of nitriles is 1. The number of carbonyl (C=O) groups excluding carboxylic acids is 1. The Kier molecular flexibility index (Phi) is 4.33. The summed E-state index contributed by atoms with van der Waals surface area (Å²) in [6.07, 6.45) is 2.96. The summed E-state index contributed by atoms with van der Waals surface area (Å²) >= 11 is 0. The van der Waals surface area contributed by atoms with Crippen molar-refractivity contribution in [3.05, 3.63) is 27.9 Å². The van der Waals surface area contributed by atoms with Crippen molar-refractivity contribution in [2.24, 2.45) is 0 Å². The van der Waals surface area contributed by atoms with Crippen molar-refractivity contribution in [1.82, 2.24) is 4.98 Å². The minimum Gasteiger partial charge on any atom is -0.465 e. The Bertz CT molecular complexity index is 607. The highest BCUT2D eigenvalue weighted by Gasteiger charge is 2.35. The van der Waals surface area contributed by atoms with E-state index in [1.54, 1.807) is 11.8 Å². The van der Waals surface area contributed by atoms with Crippen molar-refractivity contribution in [2.45, 2.75) is 25.8 Å². The largest absolute Gasteiger partial charge is 0.465 e. The third-order valence-electron chi connectivity index (χ3n) is 3.04. The molecule has 110 valence electrons. The van der Waals surface area contributed by atoms with E-state index >= 15 is 0 Å². The van der Waals surface area contributed by atoms with Crippen LogP contribution in [0.5, 0.6) is 0 Å². The molecule has 21 heavy (non-hydrogen) atoms. The van der Waals surface area contributed by atoms with Gasteiger partial charge < -0.3 is 9.64 Å². The Balaban J connectivity index is 2.34. The van der Waals surface area contributed by atoms with E-state index in [-0.39, 0.29) is 36.3 Å². The predicted octanol–water partition coefficient (Wildman–Crippen LogP) is 1.39. The summed E-state index contributed by atoms with van der Waals surface area (Å²) in [5, 5.41) is 20.0. The van der Waals surface area contributed by atoms with E-state index < -0.39 is 10.9 Å². The number of nitro groups is 1. The molecule has 1 aromatic heterocycles. The highest BCUT2D eigenvalue weighted by atomic mass is 16.6. The van der Waals surface area contributed by atoms with Gasteiger partial charge in [-0.05, 0) is 19.8 Å². The highest BCUT2D eigenvalue weighted by Crippen LogP contribution is 2.35. The molecule has 0 amide bonds. The number of rotatable bonds is 6. The summed E-state index contributed by atoms with van der Waals surface area (Å²) in [4.78, 5) is 27.8. The van der Waals surface area contributed by atoms with E-state index in [2.05, 4.69) is 4.98 Å². The number of nitrogens with zero attached hydrogens (tertiary/aromatic N) is 4. The van der Waals surface area contributed by atoms with Gasteiger partial charge in [0.15, 0.2) is 0 Å². The number of aromatic nitrogens is 1. The van der Waals surface area contributed by atoms with Crippen LogP contribution in [0, 0.1) is 21.4 Å². The summed E-state index contributed by atoms with van der Waals surface area (Å²) in [6, 6.07) is 3.04. The average Bonchev–Trinajstić information content (AvgIpc) is 3.29. The molecule has 0 aliphatic heterocycles. The quantitative estimate of drug-likeness (QED) is 0.442. The minimum atomic E-state index is -0.594. The molecular formula is C13H14N4O4. The number of hydrogen-bond acceptors (Lipinski definition) is 7. The fourth-order valence-electron chi connectivity index (χ4n) is 1.97. The first kappa shape index (κ1) is 14.7. The second-order valence-corrected chi connectivity index (χ2v) is 4.60. The molecule has 1 aliphatic carbocycles. The SMILES string of the molecule is CCOC(=O)CN(c1ncc(C#N)cc1[N+](=O)[O-])C1CC1. The van der Waals surface area contributed by atoms with Crippen LogP contribution in [-0.4, -0.2) is 35.1 Å².